The molecule has 5 unspecified atom stereocenters. The maximum absolute atomic E-state index is 13.3. The van der Waals surface area contributed by atoms with Gasteiger partial charge in [-0.1, -0.05) is 16.2 Å². The SMILES string of the molecule is CCN1C(=O)C(C)C1C(C#N)C(=O)NCC(C)(F)P. The lowest BCUT2D eigenvalue weighted by Gasteiger charge is -2.46. The molecule has 1 N–H and O–H groups in total. The van der Waals surface area contributed by atoms with E-state index < -0.39 is 23.3 Å². The summed E-state index contributed by atoms with van der Waals surface area (Å²) in [7, 11) is 1.98. The highest BCUT2D eigenvalue weighted by molar-refractivity contribution is 7.18. The maximum atomic E-state index is 13.3. The average molecular weight is 287 g/mol. The fourth-order valence-electron chi connectivity index (χ4n) is 2.24. The van der Waals surface area contributed by atoms with Gasteiger partial charge in [-0.15, -0.1) is 0 Å². The number of nitrogens with one attached hydrogen (secondary N) is 1. The second kappa shape index (κ2) is 5.83. The summed E-state index contributed by atoms with van der Waals surface area (Å²) in [6.07, 6.45) is 0. The Balaban J connectivity index is 2.71. The van der Waals surface area contributed by atoms with Crippen molar-refractivity contribution < 1.29 is 14.0 Å². The van der Waals surface area contributed by atoms with Crippen LogP contribution in [0.3, 0.4) is 0 Å². The summed E-state index contributed by atoms with van der Waals surface area (Å²) in [6.45, 7) is 5.09. The van der Waals surface area contributed by atoms with Gasteiger partial charge in [-0.25, -0.2) is 4.39 Å². The smallest absolute Gasteiger partial charge is 0.239 e. The van der Waals surface area contributed by atoms with E-state index in [9.17, 15) is 14.0 Å². The molecule has 1 saturated heterocycles. The molecule has 1 heterocycles. The molecule has 19 heavy (non-hydrogen) atoms. The summed E-state index contributed by atoms with van der Waals surface area (Å²) < 4.78 is 13.3. The zero-order valence-electron chi connectivity index (χ0n) is 11.3. The zero-order chi connectivity index (χ0) is 14.8. The molecule has 0 saturated carbocycles. The topological polar surface area (TPSA) is 73.2 Å². The van der Waals surface area contributed by atoms with Crippen molar-refractivity contribution in [3.63, 3.8) is 0 Å². The van der Waals surface area contributed by atoms with Crippen molar-refractivity contribution >= 4 is 21.1 Å². The molecule has 0 aromatic heterocycles. The minimum atomic E-state index is -1.61. The zero-order valence-corrected chi connectivity index (χ0v) is 12.5. The number of carbonyl (C=O) groups is 2. The third-order valence-corrected chi connectivity index (χ3v) is 3.46. The summed E-state index contributed by atoms with van der Waals surface area (Å²) in [5.41, 5.74) is 0. The van der Waals surface area contributed by atoms with E-state index in [1.165, 1.54) is 11.8 Å². The van der Waals surface area contributed by atoms with Crippen LogP contribution in [0.2, 0.25) is 0 Å². The van der Waals surface area contributed by atoms with Gasteiger partial charge in [0.2, 0.25) is 11.8 Å². The lowest BCUT2D eigenvalue weighted by Crippen LogP contribution is -2.64. The van der Waals surface area contributed by atoms with Crippen LogP contribution in [-0.2, 0) is 9.59 Å². The van der Waals surface area contributed by atoms with E-state index in [0.29, 0.717) is 6.54 Å². The van der Waals surface area contributed by atoms with E-state index in [1.54, 1.807) is 13.8 Å². The van der Waals surface area contributed by atoms with E-state index in [1.807, 2.05) is 15.3 Å². The van der Waals surface area contributed by atoms with E-state index in [4.69, 9.17) is 5.26 Å². The van der Waals surface area contributed by atoms with Gasteiger partial charge in [-0.05, 0) is 13.8 Å². The van der Waals surface area contributed by atoms with E-state index in [2.05, 4.69) is 5.32 Å². The molecule has 0 aromatic carbocycles. The number of rotatable bonds is 5. The Morgan fingerprint density at radius 3 is 2.74 bits per heavy atom. The molecule has 1 aliphatic heterocycles. The van der Waals surface area contributed by atoms with Crippen molar-refractivity contribution in [1.82, 2.24) is 10.2 Å². The largest absolute Gasteiger partial charge is 0.351 e. The van der Waals surface area contributed by atoms with Crippen LogP contribution in [0, 0.1) is 23.2 Å². The molecule has 0 spiro atoms. The standard InChI is InChI=1S/C12H19FN3O2P/c1-4-16-9(7(2)11(16)18)8(5-14)10(17)15-6-12(3,13)19/h7-9H,4,6,19H2,1-3H3,(H,15,17). The molecule has 1 fully saturated rings. The van der Waals surface area contributed by atoms with Crippen molar-refractivity contribution in [2.45, 2.75) is 32.2 Å². The monoisotopic (exact) mass is 287 g/mol. The van der Waals surface area contributed by atoms with E-state index >= 15 is 0 Å². The second-order valence-corrected chi connectivity index (χ2v) is 6.21. The fourth-order valence-corrected chi connectivity index (χ4v) is 2.34. The molecule has 5 atom stereocenters. The summed E-state index contributed by atoms with van der Waals surface area (Å²) in [5, 5.41) is 9.93. The maximum Gasteiger partial charge on any atom is 0.239 e. The predicted octanol–water partition coefficient (Wildman–Crippen LogP) is 0.670. The molecule has 106 valence electrons. The van der Waals surface area contributed by atoms with Crippen LogP contribution in [0.25, 0.3) is 0 Å². The fraction of sp³-hybridized carbons (Fsp3) is 0.750. The number of alkyl halides is 1. The Morgan fingerprint density at radius 2 is 2.32 bits per heavy atom. The molecule has 0 aromatic rings. The van der Waals surface area contributed by atoms with E-state index in [-0.39, 0.29) is 18.4 Å². The molecular formula is C12H19FN3O2P. The first-order valence-corrected chi connectivity index (χ1v) is 6.76. The normalized spacial score (nSPS) is 26.9. The first-order chi connectivity index (χ1) is 8.72. The first-order valence-electron chi connectivity index (χ1n) is 6.18. The third-order valence-electron chi connectivity index (χ3n) is 3.26. The summed E-state index contributed by atoms with van der Waals surface area (Å²) in [4.78, 5) is 25.0. The van der Waals surface area contributed by atoms with Gasteiger partial charge < -0.3 is 10.2 Å². The minimum absolute atomic E-state index is 0.0538. The van der Waals surface area contributed by atoms with Crippen LogP contribution < -0.4 is 5.32 Å². The van der Waals surface area contributed by atoms with Crippen LogP contribution in [0.5, 0.6) is 0 Å². The molecule has 1 aliphatic rings. The van der Waals surface area contributed by atoms with E-state index in [0.717, 1.165) is 0 Å². The van der Waals surface area contributed by atoms with Gasteiger partial charge in [-0.3, -0.25) is 9.59 Å². The van der Waals surface area contributed by atoms with Crippen molar-refractivity contribution in [1.29, 1.82) is 5.26 Å². The number of halogens is 1. The van der Waals surface area contributed by atoms with Crippen LogP contribution >= 0.6 is 9.24 Å². The van der Waals surface area contributed by atoms with Crippen LogP contribution in [-0.4, -0.2) is 41.3 Å². The minimum Gasteiger partial charge on any atom is -0.351 e. The molecule has 0 bridgehead atoms. The van der Waals surface area contributed by atoms with Gasteiger partial charge in [0.1, 0.15) is 11.3 Å². The highest BCUT2D eigenvalue weighted by Gasteiger charge is 2.50. The van der Waals surface area contributed by atoms with Gasteiger partial charge in [-0.2, -0.15) is 5.26 Å². The first kappa shape index (κ1) is 15.8. The number of carbonyl (C=O) groups excluding carboxylic acids is 2. The molecule has 2 amide bonds. The van der Waals surface area contributed by atoms with Crippen molar-refractivity contribution in [3.8, 4) is 6.07 Å². The number of nitrogens with zero attached hydrogens (tertiary/aromatic N) is 2. The summed E-state index contributed by atoms with van der Waals surface area (Å²) >= 11 is 0. The quantitative estimate of drug-likeness (QED) is 0.596. The predicted molar refractivity (Wildman–Crippen MR) is 71.7 cm³/mol. The van der Waals surface area contributed by atoms with Crippen molar-refractivity contribution in [2.24, 2.45) is 11.8 Å². The Labute approximate surface area is 114 Å². The third kappa shape index (κ3) is 3.42. The van der Waals surface area contributed by atoms with Gasteiger partial charge >= 0.3 is 0 Å². The Morgan fingerprint density at radius 1 is 1.74 bits per heavy atom. The molecule has 5 nitrogen and oxygen atoms in total. The van der Waals surface area contributed by atoms with Crippen LogP contribution in [0.4, 0.5) is 4.39 Å². The summed E-state index contributed by atoms with van der Waals surface area (Å²) in [5.74, 6) is -1.89. The molecule has 7 heteroatoms. The van der Waals surface area contributed by atoms with Gasteiger partial charge in [0.25, 0.3) is 0 Å². The van der Waals surface area contributed by atoms with Gasteiger partial charge in [0.05, 0.1) is 24.6 Å². The van der Waals surface area contributed by atoms with Gasteiger partial charge in [0, 0.05) is 6.54 Å². The Kier molecular flexibility index (Phi) is 4.86. The Hall–Kier alpha value is -1.21. The molecule has 0 radical (unpaired) electrons. The number of β-lactam (4-membered cyclic amide) rings is 1. The van der Waals surface area contributed by atoms with Crippen LogP contribution in [0.1, 0.15) is 20.8 Å². The number of nitriles is 1. The molecule has 0 aliphatic carbocycles. The second-order valence-electron chi connectivity index (χ2n) is 5.01. The number of amides is 2. The highest BCUT2D eigenvalue weighted by atomic mass is 31.0. The number of likely N-dealkylation sites (tertiary alicyclic amines) is 1. The van der Waals surface area contributed by atoms with Crippen molar-refractivity contribution in [2.75, 3.05) is 13.1 Å². The molecular weight excluding hydrogens is 268 g/mol. The molecule has 1 rings (SSSR count). The highest BCUT2D eigenvalue weighted by Crippen LogP contribution is 2.31. The average Bonchev–Trinajstić information content (AvgIpc) is 2.34. The number of hydrogen-bond acceptors (Lipinski definition) is 3. The lowest BCUT2D eigenvalue weighted by molar-refractivity contribution is -0.158. The van der Waals surface area contributed by atoms with Crippen molar-refractivity contribution in [3.05, 3.63) is 0 Å². The van der Waals surface area contributed by atoms with Crippen LogP contribution in [0.15, 0.2) is 0 Å². The lowest BCUT2D eigenvalue weighted by atomic mass is 9.80. The Bertz CT molecular complexity index is 416. The number of hydrogen-bond donors (Lipinski definition) is 1. The summed E-state index contributed by atoms with van der Waals surface area (Å²) in [6, 6.07) is 1.50. The van der Waals surface area contributed by atoms with Gasteiger partial charge in [0.15, 0.2) is 0 Å².